The van der Waals surface area contributed by atoms with Gasteiger partial charge in [-0.05, 0) is 101 Å². The van der Waals surface area contributed by atoms with E-state index in [2.05, 4.69) is 44.6 Å². The van der Waals surface area contributed by atoms with E-state index in [4.69, 9.17) is 17.0 Å². The van der Waals surface area contributed by atoms with Crippen LogP contribution in [0.5, 0.6) is 5.75 Å². The van der Waals surface area contributed by atoms with Crippen LogP contribution < -0.4 is 14.5 Å². The molecule has 2 amide bonds. The minimum Gasteiger partial charge on any atom is -0.494 e. The molecule has 1 fully saturated rings. The number of para-hydroxylation sites is 2. The molecule has 8 heteroatoms. The summed E-state index contributed by atoms with van der Waals surface area (Å²) in [6.45, 7) is 2.42. The van der Waals surface area contributed by atoms with Crippen molar-refractivity contribution in [2.24, 2.45) is 0 Å². The molecule has 0 aliphatic carbocycles. The average Bonchev–Trinajstić information content (AvgIpc) is 2.95. The van der Waals surface area contributed by atoms with Crippen LogP contribution in [-0.4, -0.2) is 23.5 Å². The number of ether oxygens (including phenoxy) is 1. The number of hydrogen-bond acceptors (Lipinski definition) is 4. The molecule has 5 rings (SSSR count). The summed E-state index contributed by atoms with van der Waals surface area (Å²) in [5.41, 5.74) is 4.05. The SMILES string of the molecule is CCOc1cc(C=C2C(=O)N(c3ccccc3)C(=S)N(c3ccccc3)C2=O)cc(I)c1Cc1ccccc1Br. The largest absolute Gasteiger partial charge is 0.494 e. The van der Waals surface area contributed by atoms with Gasteiger partial charge >= 0.3 is 0 Å². The van der Waals surface area contributed by atoms with E-state index < -0.39 is 11.8 Å². The van der Waals surface area contributed by atoms with Gasteiger partial charge in [-0.1, -0.05) is 70.5 Å². The molecule has 0 aromatic heterocycles. The summed E-state index contributed by atoms with van der Waals surface area (Å²) in [6, 6.07) is 30.2. The Morgan fingerprint density at radius 3 is 1.95 bits per heavy atom. The molecule has 200 valence electrons. The minimum absolute atomic E-state index is 0.0121. The first-order chi connectivity index (χ1) is 19.4. The lowest BCUT2D eigenvalue weighted by Gasteiger charge is -2.36. The third kappa shape index (κ3) is 5.75. The van der Waals surface area contributed by atoms with E-state index in [1.165, 1.54) is 9.80 Å². The van der Waals surface area contributed by atoms with Gasteiger partial charge in [0.05, 0.1) is 18.0 Å². The molecule has 4 aromatic carbocycles. The van der Waals surface area contributed by atoms with Gasteiger partial charge in [-0.15, -0.1) is 0 Å². The smallest absolute Gasteiger partial charge is 0.270 e. The monoisotopic (exact) mass is 722 g/mol. The minimum atomic E-state index is -0.473. The van der Waals surface area contributed by atoms with E-state index in [0.717, 1.165) is 19.2 Å². The number of rotatable bonds is 7. The summed E-state index contributed by atoms with van der Waals surface area (Å²) in [4.78, 5) is 30.5. The Labute approximate surface area is 260 Å². The highest BCUT2D eigenvalue weighted by molar-refractivity contribution is 14.1. The standard InChI is InChI=1S/C32H24BrIN2O3S/c1-2-39-29-19-21(18-28(34)25(29)20-22-11-9-10-16-27(22)33)17-26-30(37)35(23-12-5-3-6-13-23)32(40)36(31(26)38)24-14-7-4-8-15-24/h3-19H,2,20H2,1H3. The number of hydrogen-bond donors (Lipinski definition) is 0. The first kappa shape index (κ1) is 28.2. The van der Waals surface area contributed by atoms with Gasteiger partial charge in [-0.25, -0.2) is 0 Å². The molecule has 0 spiro atoms. The number of thiocarbonyl (C=S) groups is 1. The highest BCUT2D eigenvalue weighted by Crippen LogP contribution is 2.34. The molecule has 0 saturated carbocycles. The average molecular weight is 723 g/mol. The first-order valence-electron chi connectivity index (χ1n) is 12.6. The number of carbonyl (C=O) groups is 2. The highest BCUT2D eigenvalue weighted by Gasteiger charge is 2.41. The summed E-state index contributed by atoms with van der Waals surface area (Å²) >= 11 is 11.6. The second-order valence-corrected chi connectivity index (χ2v) is 11.4. The van der Waals surface area contributed by atoms with Gasteiger partial charge in [0, 0.05) is 20.0 Å². The van der Waals surface area contributed by atoms with Crippen molar-refractivity contribution >= 4 is 85.1 Å². The predicted molar refractivity (Wildman–Crippen MR) is 176 cm³/mol. The van der Waals surface area contributed by atoms with E-state index in [-0.39, 0.29) is 10.7 Å². The zero-order valence-corrected chi connectivity index (χ0v) is 26.1. The summed E-state index contributed by atoms with van der Waals surface area (Å²) in [7, 11) is 0. The van der Waals surface area contributed by atoms with Crippen molar-refractivity contribution in [2.75, 3.05) is 16.4 Å². The van der Waals surface area contributed by atoms with Gasteiger partial charge in [0.15, 0.2) is 5.11 Å². The van der Waals surface area contributed by atoms with Crippen molar-refractivity contribution in [3.8, 4) is 5.75 Å². The lowest BCUT2D eigenvalue weighted by Crippen LogP contribution is -2.56. The van der Waals surface area contributed by atoms with Crippen molar-refractivity contribution in [3.63, 3.8) is 0 Å². The predicted octanol–water partition coefficient (Wildman–Crippen LogP) is 7.79. The zero-order chi connectivity index (χ0) is 28.2. The molecular formula is C32H24BrIN2O3S. The van der Waals surface area contributed by atoms with Crippen molar-refractivity contribution in [1.82, 2.24) is 0 Å². The number of carbonyl (C=O) groups excluding carboxylic acids is 2. The van der Waals surface area contributed by atoms with E-state index in [0.29, 0.717) is 35.7 Å². The van der Waals surface area contributed by atoms with E-state index in [9.17, 15) is 9.59 Å². The zero-order valence-electron chi connectivity index (χ0n) is 21.5. The first-order valence-corrected chi connectivity index (χ1v) is 14.9. The van der Waals surface area contributed by atoms with Gasteiger partial charge in [0.1, 0.15) is 11.3 Å². The second kappa shape index (κ2) is 12.4. The van der Waals surface area contributed by atoms with Crippen LogP contribution in [0.3, 0.4) is 0 Å². The molecule has 0 radical (unpaired) electrons. The Hall–Kier alpha value is -3.34. The molecule has 1 saturated heterocycles. The molecule has 0 atom stereocenters. The Bertz CT molecular complexity index is 1560. The van der Waals surface area contributed by atoms with Crippen molar-refractivity contribution in [3.05, 3.63) is 127 Å². The van der Waals surface area contributed by atoms with Crippen LogP contribution in [0.1, 0.15) is 23.6 Å². The third-order valence-electron chi connectivity index (χ3n) is 6.39. The summed E-state index contributed by atoms with van der Waals surface area (Å²) in [5, 5.41) is 0.109. The molecule has 1 aliphatic heterocycles. The van der Waals surface area contributed by atoms with E-state index in [1.807, 2.05) is 73.7 Å². The lowest BCUT2D eigenvalue weighted by molar-refractivity contribution is -0.120. The summed E-state index contributed by atoms with van der Waals surface area (Å²) in [6.07, 6.45) is 2.30. The van der Waals surface area contributed by atoms with Crippen LogP contribution in [-0.2, 0) is 16.0 Å². The maximum atomic E-state index is 13.9. The van der Waals surface area contributed by atoms with E-state index in [1.54, 1.807) is 30.3 Å². The summed E-state index contributed by atoms with van der Waals surface area (Å²) in [5.74, 6) is -0.236. The van der Waals surface area contributed by atoms with Crippen LogP contribution in [0, 0.1) is 3.57 Å². The van der Waals surface area contributed by atoms with Crippen molar-refractivity contribution < 1.29 is 14.3 Å². The Kier molecular flexibility index (Phi) is 8.78. The Morgan fingerprint density at radius 2 is 1.40 bits per heavy atom. The quantitative estimate of drug-likeness (QED) is 0.0846. The maximum absolute atomic E-state index is 13.9. The molecule has 0 unspecified atom stereocenters. The Morgan fingerprint density at radius 1 is 0.850 bits per heavy atom. The molecule has 0 bridgehead atoms. The fourth-order valence-electron chi connectivity index (χ4n) is 4.51. The fraction of sp³-hybridized carbons (Fsp3) is 0.0938. The topological polar surface area (TPSA) is 49.9 Å². The molecule has 0 N–H and O–H groups in total. The Balaban J connectivity index is 1.61. The maximum Gasteiger partial charge on any atom is 0.270 e. The second-order valence-electron chi connectivity index (χ2n) is 8.97. The van der Waals surface area contributed by atoms with Crippen LogP contribution in [0.25, 0.3) is 6.08 Å². The molecule has 1 aliphatic rings. The van der Waals surface area contributed by atoms with Gasteiger partial charge in [0.2, 0.25) is 0 Å². The number of benzene rings is 4. The van der Waals surface area contributed by atoms with E-state index >= 15 is 0 Å². The van der Waals surface area contributed by atoms with Crippen LogP contribution in [0.4, 0.5) is 11.4 Å². The highest BCUT2D eigenvalue weighted by atomic mass is 127. The van der Waals surface area contributed by atoms with Gasteiger partial charge in [-0.3, -0.25) is 19.4 Å². The normalized spacial score (nSPS) is 13.6. The van der Waals surface area contributed by atoms with Gasteiger partial charge < -0.3 is 4.74 Å². The molecule has 1 heterocycles. The lowest BCUT2D eigenvalue weighted by atomic mass is 10.00. The summed E-state index contributed by atoms with van der Waals surface area (Å²) < 4.78 is 8.04. The number of halogens is 2. The number of nitrogens with zero attached hydrogens (tertiary/aromatic N) is 2. The number of anilines is 2. The molecular weight excluding hydrogens is 699 g/mol. The fourth-order valence-corrected chi connectivity index (χ4v) is 6.13. The van der Waals surface area contributed by atoms with Crippen LogP contribution >= 0.6 is 50.7 Å². The van der Waals surface area contributed by atoms with Crippen molar-refractivity contribution in [2.45, 2.75) is 13.3 Å². The van der Waals surface area contributed by atoms with Crippen LogP contribution in [0.2, 0.25) is 0 Å². The molecule has 5 nitrogen and oxygen atoms in total. The van der Waals surface area contributed by atoms with Gasteiger partial charge in [0.25, 0.3) is 11.8 Å². The van der Waals surface area contributed by atoms with Crippen LogP contribution in [0.15, 0.2) is 107 Å². The van der Waals surface area contributed by atoms with Crippen molar-refractivity contribution in [1.29, 1.82) is 0 Å². The molecule has 40 heavy (non-hydrogen) atoms. The molecule has 4 aromatic rings. The number of amides is 2. The third-order valence-corrected chi connectivity index (χ3v) is 8.49. The van der Waals surface area contributed by atoms with Gasteiger partial charge in [-0.2, -0.15) is 0 Å².